The van der Waals surface area contributed by atoms with Crippen LogP contribution in [0.3, 0.4) is 0 Å². The van der Waals surface area contributed by atoms with Gasteiger partial charge in [-0.05, 0) is 77.2 Å². The van der Waals surface area contributed by atoms with E-state index in [-0.39, 0.29) is 17.2 Å². The molecule has 2 aliphatic carbocycles. The van der Waals surface area contributed by atoms with E-state index in [9.17, 15) is 4.79 Å². The zero-order chi connectivity index (χ0) is 20.6. The second-order valence-electron chi connectivity index (χ2n) is 8.39. The van der Waals surface area contributed by atoms with Gasteiger partial charge in [-0.15, -0.1) is 0 Å². The fourth-order valence-electron chi connectivity index (χ4n) is 5.15. The van der Waals surface area contributed by atoms with Crippen molar-refractivity contribution in [3.05, 3.63) is 61.4 Å². The molecule has 2 aliphatic rings. The number of fused-ring (bicyclic) bond motifs is 6. The van der Waals surface area contributed by atoms with E-state index in [2.05, 4.69) is 41.8 Å². The van der Waals surface area contributed by atoms with E-state index < -0.39 is 5.41 Å². The number of rotatable bonds is 2. The molecule has 2 bridgehead atoms. The number of carbonyl (C=O) groups excluding carboxylic acids is 1. The Kier molecular flexibility index (Phi) is 4.39. The highest BCUT2D eigenvalue weighted by Gasteiger charge is 2.67. The predicted octanol–water partition coefficient (Wildman–Crippen LogP) is 6.33. The van der Waals surface area contributed by atoms with Crippen LogP contribution in [0.15, 0.2) is 36.4 Å². The number of nitrogens with one attached hydrogen (secondary N) is 1. The van der Waals surface area contributed by atoms with Crippen LogP contribution >= 0.6 is 45.8 Å². The van der Waals surface area contributed by atoms with E-state index in [0.717, 1.165) is 39.0 Å². The number of anilines is 1. The van der Waals surface area contributed by atoms with Crippen molar-refractivity contribution in [2.45, 2.75) is 38.0 Å². The van der Waals surface area contributed by atoms with Crippen molar-refractivity contribution >= 4 is 68.4 Å². The standard InChI is InChI=1S/C22H18Cl2IN3O/c1-21(2)13-7-8-22(21,20(29)26-12-5-3-11(25)4-6-12)19-18(13)27-16-9-14(23)15(24)10-17(16)28-19/h3-6,9-10,13H,7-8H2,1-2H3,(H,26,29). The summed E-state index contributed by atoms with van der Waals surface area (Å²) in [7, 11) is 0. The summed E-state index contributed by atoms with van der Waals surface area (Å²) in [6, 6.07) is 11.3. The summed E-state index contributed by atoms with van der Waals surface area (Å²) in [5.74, 6) is 0.171. The highest BCUT2D eigenvalue weighted by molar-refractivity contribution is 14.1. The smallest absolute Gasteiger partial charge is 0.237 e. The van der Waals surface area contributed by atoms with E-state index in [1.807, 2.05) is 24.3 Å². The van der Waals surface area contributed by atoms with E-state index in [1.54, 1.807) is 12.1 Å². The van der Waals surface area contributed by atoms with Crippen molar-refractivity contribution in [1.29, 1.82) is 0 Å². The molecule has 1 amide bonds. The van der Waals surface area contributed by atoms with Crippen LogP contribution in [0.1, 0.15) is 44.0 Å². The number of hydrogen-bond acceptors (Lipinski definition) is 3. The Morgan fingerprint density at radius 2 is 1.72 bits per heavy atom. The second kappa shape index (κ2) is 6.53. The number of hydrogen-bond donors (Lipinski definition) is 1. The fourth-order valence-corrected chi connectivity index (χ4v) is 5.83. The number of benzene rings is 2. The third kappa shape index (κ3) is 2.66. The molecule has 2 aromatic carbocycles. The lowest BCUT2D eigenvalue weighted by Gasteiger charge is -2.36. The van der Waals surface area contributed by atoms with E-state index in [4.69, 9.17) is 33.2 Å². The molecular formula is C22H18Cl2IN3O. The minimum atomic E-state index is -0.719. The van der Waals surface area contributed by atoms with Crippen molar-refractivity contribution in [3.63, 3.8) is 0 Å². The van der Waals surface area contributed by atoms with Crippen LogP contribution in [0.2, 0.25) is 10.0 Å². The quantitative estimate of drug-likeness (QED) is 0.388. The molecule has 1 fully saturated rings. The molecule has 1 heterocycles. The first kappa shape index (κ1) is 19.5. The van der Waals surface area contributed by atoms with Crippen molar-refractivity contribution in [1.82, 2.24) is 9.97 Å². The minimum absolute atomic E-state index is 0.0151. The monoisotopic (exact) mass is 537 g/mol. The van der Waals surface area contributed by atoms with E-state index >= 15 is 0 Å². The maximum Gasteiger partial charge on any atom is 0.237 e. The molecule has 4 nitrogen and oxygen atoms in total. The van der Waals surface area contributed by atoms with Gasteiger partial charge in [-0.3, -0.25) is 4.79 Å². The van der Waals surface area contributed by atoms with Crippen LogP contribution in [0.5, 0.6) is 0 Å². The molecule has 0 spiro atoms. The lowest BCUT2D eigenvalue weighted by Crippen LogP contribution is -2.46. The molecule has 1 aromatic heterocycles. The molecule has 0 aliphatic heterocycles. The maximum absolute atomic E-state index is 13.7. The summed E-state index contributed by atoms with van der Waals surface area (Å²) in [4.78, 5) is 23.5. The highest BCUT2D eigenvalue weighted by Crippen LogP contribution is 2.67. The predicted molar refractivity (Wildman–Crippen MR) is 125 cm³/mol. The molecule has 0 radical (unpaired) electrons. The molecule has 0 saturated heterocycles. The zero-order valence-electron chi connectivity index (χ0n) is 15.9. The van der Waals surface area contributed by atoms with Gasteiger partial charge in [0.05, 0.1) is 37.9 Å². The van der Waals surface area contributed by atoms with Crippen LogP contribution < -0.4 is 5.32 Å². The Morgan fingerprint density at radius 3 is 2.38 bits per heavy atom. The van der Waals surface area contributed by atoms with Crippen LogP contribution in [-0.4, -0.2) is 15.9 Å². The molecule has 2 unspecified atom stereocenters. The van der Waals surface area contributed by atoms with Crippen LogP contribution in [0.25, 0.3) is 11.0 Å². The Labute approximate surface area is 192 Å². The topological polar surface area (TPSA) is 54.9 Å². The average Bonchev–Trinajstić information content (AvgIpc) is 3.05. The van der Waals surface area contributed by atoms with Crippen molar-refractivity contribution < 1.29 is 4.79 Å². The van der Waals surface area contributed by atoms with Gasteiger partial charge in [0.25, 0.3) is 0 Å². The Hall–Kier alpha value is -1.44. The van der Waals surface area contributed by atoms with E-state index in [1.165, 1.54) is 0 Å². The molecule has 7 heteroatoms. The second-order valence-corrected chi connectivity index (χ2v) is 10.5. The largest absolute Gasteiger partial charge is 0.325 e. The molecule has 3 aromatic rings. The summed E-state index contributed by atoms with van der Waals surface area (Å²) in [5.41, 5.74) is 2.88. The molecule has 5 rings (SSSR count). The van der Waals surface area contributed by atoms with Gasteiger partial charge in [-0.25, -0.2) is 9.97 Å². The Morgan fingerprint density at radius 1 is 1.10 bits per heavy atom. The SMILES string of the molecule is CC1(C)C2CCC1(C(=O)Nc1ccc(I)cc1)c1nc3cc(Cl)c(Cl)cc3nc12. The molecule has 1 N–H and O–H groups in total. The van der Waals surface area contributed by atoms with Crippen molar-refractivity contribution in [2.24, 2.45) is 5.41 Å². The van der Waals surface area contributed by atoms with Gasteiger partial charge < -0.3 is 5.32 Å². The number of aromatic nitrogens is 2. The van der Waals surface area contributed by atoms with Crippen LogP contribution in [-0.2, 0) is 10.2 Å². The third-order valence-electron chi connectivity index (χ3n) is 6.74. The van der Waals surface area contributed by atoms with Gasteiger partial charge in [-0.1, -0.05) is 37.0 Å². The summed E-state index contributed by atoms with van der Waals surface area (Å²) in [6.07, 6.45) is 1.68. The van der Waals surface area contributed by atoms with Gasteiger partial charge in [-0.2, -0.15) is 0 Å². The van der Waals surface area contributed by atoms with Crippen LogP contribution in [0.4, 0.5) is 5.69 Å². The van der Waals surface area contributed by atoms with Crippen LogP contribution in [0, 0.1) is 8.99 Å². The van der Waals surface area contributed by atoms with Crippen molar-refractivity contribution in [2.75, 3.05) is 5.32 Å². The zero-order valence-corrected chi connectivity index (χ0v) is 19.6. The lowest BCUT2D eigenvalue weighted by molar-refractivity contribution is -0.124. The Bertz CT molecular complexity index is 1180. The maximum atomic E-state index is 13.7. The first-order valence-electron chi connectivity index (χ1n) is 9.48. The van der Waals surface area contributed by atoms with Gasteiger partial charge in [0.2, 0.25) is 5.91 Å². The molecule has 1 saturated carbocycles. The normalized spacial score (nSPS) is 24.0. The minimum Gasteiger partial charge on any atom is -0.325 e. The van der Waals surface area contributed by atoms with Gasteiger partial charge in [0.15, 0.2) is 0 Å². The molecule has 2 atom stereocenters. The fraction of sp³-hybridized carbons (Fsp3) is 0.318. The number of amides is 1. The third-order valence-corrected chi connectivity index (χ3v) is 8.18. The van der Waals surface area contributed by atoms with Gasteiger partial charge in [0, 0.05) is 15.2 Å². The summed E-state index contributed by atoms with van der Waals surface area (Å²) in [5, 5.41) is 4.04. The Balaban J connectivity index is 1.66. The summed E-state index contributed by atoms with van der Waals surface area (Å²) >= 11 is 14.7. The average molecular weight is 538 g/mol. The number of nitrogens with zero attached hydrogens (tertiary/aromatic N) is 2. The molecule has 148 valence electrons. The first-order valence-corrected chi connectivity index (χ1v) is 11.3. The van der Waals surface area contributed by atoms with Gasteiger partial charge >= 0.3 is 0 Å². The number of carbonyl (C=O) groups is 1. The van der Waals surface area contributed by atoms with E-state index in [0.29, 0.717) is 15.6 Å². The van der Waals surface area contributed by atoms with Crippen molar-refractivity contribution in [3.8, 4) is 0 Å². The molecule has 29 heavy (non-hydrogen) atoms. The molecular weight excluding hydrogens is 520 g/mol. The summed E-state index contributed by atoms with van der Waals surface area (Å²) in [6.45, 7) is 4.32. The van der Waals surface area contributed by atoms with Gasteiger partial charge in [0.1, 0.15) is 0 Å². The highest BCUT2D eigenvalue weighted by atomic mass is 127. The summed E-state index contributed by atoms with van der Waals surface area (Å²) < 4.78 is 1.12. The number of halogens is 3. The first-order chi connectivity index (χ1) is 13.7. The lowest BCUT2D eigenvalue weighted by atomic mass is 9.67.